The number of benzene rings is 2. The number of rotatable bonds is 13. The first kappa shape index (κ1) is 30.4. The average Bonchev–Trinajstić information content (AvgIpc) is 3.52. The van der Waals surface area contributed by atoms with Gasteiger partial charge in [-0.1, -0.05) is 6.07 Å². The molecule has 0 bridgehead atoms. The fraction of sp³-hybridized carbons (Fsp3) is 0.406. The zero-order valence-electron chi connectivity index (χ0n) is 24.5. The van der Waals surface area contributed by atoms with Gasteiger partial charge in [-0.25, -0.2) is 4.79 Å². The number of pyridine rings is 1. The molecule has 1 fully saturated rings. The van der Waals surface area contributed by atoms with Crippen LogP contribution in [0.2, 0.25) is 0 Å². The van der Waals surface area contributed by atoms with Crippen LogP contribution in [0.5, 0.6) is 5.75 Å². The summed E-state index contributed by atoms with van der Waals surface area (Å²) in [7, 11) is 1.32. The van der Waals surface area contributed by atoms with Crippen LogP contribution >= 0.6 is 11.3 Å². The summed E-state index contributed by atoms with van der Waals surface area (Å²) in [5.74, 6) is 0.322. The molecule has 3 heterocycles. The van der Waals surface area contributed by atoms with Crippen molar-refractivity contribution in [2.24, 2.45) is 0 Å². The summed E-state index contributed by atoms with van der Waals surface area (Å²) in [4.78, 5) is 40.9. The van der Waals surface area contributed by atoms with Crippen molar-refractivity contribution in [3.05, 3.63) is 70.3 Å². The Balaban J connectivity index is 1.05. The second kappa shape index (κ2) is 14.9. The van der Waals surface area contributed by atoms with Crippen molar-refractivity contribution in [2.45, 2.75) is 32.4 Å². The lowest BCUT2D eigenvalue weighted by Gasteiger charge is -2.36. The van der Waals surface area contributed by atoms with Gasteiger partial charge in [0.25, 0.3) is 5.56 Å². The molecule has 11 heteroatoms. The topological polar surface area (TPSA) is 102 Å². The number of fused-ring (bicyclic) bond motifs is 2. The summed E-state index contributed by atoms with van der Waals surface area (Å²) in [5.41, 5.74) is 1.68. The molecule has 43 heavy (non-hydrogen) atoms. The van der Waals surface area contributed by atoms with Crippen molar-refractivity contribution in [1.82, 2.24) is 14.8 Å². The number of unbranched alkanes of at least 4 members (excludes halogenated alkanes) is 1. The molecular formula is C32H38N4O6S. The van der Waals surface area contributed by atoms with Gasteiger partial charge < -0.3 is 24.4 Å². The number of methoxy groups -OCH3 is 1. The zero-order valence-corrected chi connectivity index (χ0v) is 25.3. The number of amides is 1. The van der Waals surface area contributed by atoms with E-state index in [2.05, 4.69) is 49.5 Å². The van der Waals surface area contributed by atoms with Gasteiger partial charge in [0.15, 0.2) is 6.73 Å². The van der Waals surface area contributed by atoms with Crippen LogP contribution in [0.3, 0.4) is 0 Å². The number of nitrogens with zero attached hydrogens (tertiary/aromatic N) is 3. The van der Waals surface area contributed by atoms with Gasteiger partial charge in [0.1, 0.15) is 5.75 Å². The maximum atomic E-state index is 12.6. The van der Waals surface area contributed by atoms with Gasteiger partial charge in [0.05, 0.1) is 19.2 Å². The Hall–Kier alpha value is -4.09. The minimum Gasteiger partial charge on any atom is -0.494 e. The zero-order chi connectivity index (χ0) is 30.0. The van der Waals surface area contributed by atoms with Gasteiger partial charge in [-0.15, -0.1) is 11.3 Å². The van der Waals surface area contributed by atoms with Crippen molar-refractivity contribution >= 4 is 50.1 Å². The van der Waals surface area contributed by atoms with E-state index in [-0.39, 0.29) is 31.2 Å². The molecule has 5 rings (SSSR count). The number of carbonyl (C=O) groups is 2. The van der Waals surface area contributed by atoms with Gasteiger partial charge in [-0.2, -0.15) is 0 Å². The molecule has 1 saturated heterocycles. The van der Waals surface area contributed by atoms with Gasteiger partial charge in [-0.05, 0) is 73.0 Å². The summed E-state index contributed by atoms with van der Waals surface area (Å²) in [6, 6.07) is 17.6. The largest absolute Gasteiger partial charge is 0.494 e. The van der Waals surface area contributed by atoms with E-state index in [1.165, 1.54) is 33.5 Å². The molecule has 10 nitrogen and oxygen atoms in total. The van der Waals surface area contributed by atoms with Crippen LogP contribution in [0.25, 0.3) is 21.0 Å². The summed E-state index contributed by atoms with van der Waals surface area (Å²) in [5, 5.41) is 6.93. The van der Waals surface area contributed by atoms with E-state index in [1.54, 1.807) is 17.4 Å². The number of anilines is 1. The minimum atomic E-state index is -0.664. The second-order valence-electron chi connectivity index (χ2n) is 10.5. The van der Waals surface area contributed by atoms with Crippen molar-refractivity contribution in [2.75, 3.05) is 57.9 Å². The van der Waals surface area contributed by atoms with E-state index in [9.17, 15) is 14.4 Å². The Morgan fingerprint density at radius 1 is 0.977 bits per heavy atom. The molecule has 1 N–H and O–H groups in total. The van der Waals surface area contributed by atoms with Crippen LogP contribution in [-0.2, 0) is 21.0 Å². The third-order valence-corrected chi connectivity index (χ3v) is 8.55. The number of hydrogen-bond donors (Lipinski definition) is 1. The fourth-order valence-electron chi connectivity index (χ4n) is 5.28. The Bertz CT molecular complexity index is 1590. The van der Waals surface area contributed by atoms with Gasteiger partial charge in [0, 0.05) is 67.1 Å². The smallest absolute Gasteiger partial charge is 0.408 e. The van der Waals surface area contributed by atoms with E-state index in [4.69, 9.17) is 9.47 Å². The highest BCUT2D eigenvalue weighted by Crippen LogP contribution is 2.31. The van der Waals surface area contributed by atoms with E-state index in [0.717, 1.165) is 51.0 Å². The van der Waals surface area contributed by atoms with Crippen molar-refractivity contribution in [3.8, 4) is 5.75 Å². The quantitative estimate of drug-likeness (QED) is 0.171. The van der Waals surface area contributed by atoms with Gasteiger partial charge in [-0.3, -0.25) is 19.1 Å². The lowest BCUT2D eigenvalue weighted by atomic mass is 10.2. The molecule has 0 saturated carbocycles. The first-order valence-electron chi connectivity index (χ1n) is 14.7. The molecule has 2 aromatic carbocycles. The summed E-state index contributed by atoms with van der Waals surface area (Å²) >= 11 is 1.79. The summed E-state index contributed by atoms with van der Waals surface area (Å²) < 4.78 is 18.6. The van der Waals surface area contributed by atoms with E-state index in [0.29, 0.717) is 24.3 Å². The molecule has 1 aliphatic heterocycles. The summed E-state index contributed by atoms with van der Waals surface area (Å²) in [6.07, 6.45) is 1.93. The van der Waals surface area contributed by atoms with Crippen LogP contribution in [0, 0.1) is 0 Å². The third kappa shape index (κ3) is 8.05. The highest BCUT2D eigenvalue weighted by Gasteiger charge is 2.18. The van der Waals surface area contributed by atoms with Crippen LogP contribution in [0.4, 0.5) is 10.5 Å². The highest BCUT2D eigenvalue weighted by molar-refractivity contribution is 7.17. The van der Waals surface area contributed by atoms with Crippen LogP contribution in [-0.4, -0.2) is 74.5 Å². The highest BCUT2D eigenvalue weighted by atomic mass is 32.1. The first-order valence-corrected chi connectivity index (χ1v) is 15.6. The number of hydrogen-bond acceptors (Lipinski definition) is 9. The number of carbonyl (C=O) groups excluding carboxylic acids is 2. The maximum Gasteiger partial charge on any atom is 0.408 e. The SMILES string of the molecule is COC(=O)CCCNC(=O)OCn1c(=O)ccc2ccc(OCCCCN3CCN(c4cccc5sccc45)CC3)cc21. The van der Waals surface area contributed by atoms with Gasteiger partial charge in [0.2, 0.25) is 0 Å². The Labute approximate surface area is 254 Å². The molecule has 228 valence electrons. The number of alkyl carbamates (subject to hydrolysis) is 1. The van der Waals surface area contributed by atoms with Crippen molar-refractivity contribution in [1.29, 1.82) is 0 Å². The van der Waals surface area contributed by atoms with Crippen molar-refractivity contribution < 1.29 is 23.8 Å². The lowest BCUT2D eigenvalue weighted by molar-refractivity contribution is -0.140. The van der Waals surface area contributed by atoms with Crippen LogP contribution in [0.15, 0.2) is 64.8 Å². The van der Waals surface area contributed by atoms with Crippen molar-refractivity contribution in [3.63, 3.8) is 0 Å². The lowest BCUT2D eigenvalue weighted by Crippen LogP contribution is -2.46. The Morgan fingerprint density at radius 3 is 2.65 bits per heavy atom. The third-order valence-electron chi connectivity index (χ3n) is 7.67. The number of aromatic nitrogens is 1. The molecule has 0 atom stereocenters. The predicted octanol–water partition coefficient (Wildman–Crippen LogP) is 4.83. The molecule has 1 amide bonds. The maximum absolute atomic E-state index is 12.6. The molecule has 2 aromatic heterocycles. The fourth-order valence-corrected chi connectivity index (χ4v) is 6.09. The average molecular weight is 607 g/mol. The van der Waals surface area contributed by atoms with E-state index in [1.807, 2.05) is 18.2 Å². The number of ether oxygens (including phenoxy) is 3. The number of nitrogens with one attached hydrogen (secondary N) is 1. The van der Waals surface area contributed by atoms with Crippen LogP contribution < -0.4 is 20.5 Å². The molecule has 0 unspecified atom stereocenters. The summed E-state index contributed by atoms with van der Waals surface area (Å²) in [6.45, 7) is 5.81. The van der Waals surface area contributed by atoms with Crippen LogP contribution in [0.1, 0.15) is 25.7 Å². The number of piperazine rings is 1. The molecule has 0 spiro atoms. The number of esters is 1. The first-order chi connectivity index (χ1) is 21.0. The Morgan fingerprint density at radius 2 is 1.81 bits per heavy atom. The minimum absolute atomic E-state index is 0.201. The monoisotopic (exact) mass is 606 g/mol. The van der Waals surface area contributed by atoms with Gasteiger partial charge >= 0.3 is 12.1 Å². The molecule has 0 aliphatic carbocycles. The van der Waals surface area contributed by atoms with E-state index >= 15 is 0 Å². The molecule has 1 aliphatic rings. The normalized spacial score (nSPS) is 13.7. The molecule has 0 radical (unpaired) electrons. The standard InChI is InChI=1S/C32H38N4O6S/c1-40-31(38)8-5-14-33-32(39)42-23-36-28-22-25(11-9-24(28)10-12-30(36)37)41-20-3-2-15-34-16-18-35(19-17-34)27-6-4-7-29-26(27)13-21-43-29/h4,6-7,9-13,21-22H,2-3,5,8,14-20,23H2,1H3,(H,33,39). The second-order valence-corrected chi connectivity index (χ2v) is 11.4. The predicted molar refractivity (Wildman–Crippen MR) is 169 cm³/mol. The molecular weight excluding hydrogens is 568 g/mol. The van der Waals surface area contributed by atoms with E-state index < -0.39 is 6.09 Å². The molecule has 4 aromatic rings. The Kier molecular flexibility index (Phi) is 10.5. The number of thiophene rings is 1.